The van der Waals surface area contributed by atoms with E-state index in [4.69, 9.17) is 14.8 Å². The van der Waals surface area contributed by atoms with Crippen molar-refractivity contribution in [1.29, 1.82) is 5.41 Å². The zero-order chi connectivity index (χ0) is 31.5. The molecule has 226 valence electrons. The monoisotopic (exact) mass is 600 g/mol. The van der Waals surface area contributed by atoms with Gasteiger partial charge in [-0.3, -0.25) is 10.4 Å². The molecule has 0 radical (unpaired) electrons. The fourth-order valence-corrected chi connectivity index (χ4v) is 6.07. The number of furan rings is 1. The highest BCUT2D eigenvalue weighted by Gasteiger charge is 2.21. The Hall–Kier alpha value is -5.68. The van der Waals surface area contributed by atoms with Crippen molar-refractivity contribution in [2.24, 2.45) is 10.9 Å². The first-order valence-electron chi connectivity index (χ1n) is 15.7. The molecule has 0 saturated heterocycles. The average molecular weight is 601 g/mol. The predicted molar refractivity (Wildman–Crippen MR) is 192 cm³/mol. The van der Waals surface area contributed by atoms with Gasteiger partial charge in [0.1, 0.15) is 17.6 Å². The Balaban J connectivity index is 1.25. The molecule has 7 rings (SSSR count). The van der Waals surface area contributed by atoms with E-state index in [-0.39, 0.29) is 6.17 Å². The summed E-state index contributed by atoms with van der Waals surface area (Å²) >= 11 is 0. The second-order valence-electron chi connectivity index (χ2n) is 11.8. The normalized spacial score (nSPS) is 15.3. The lowest BCUT2D eigenvalue weighted by molar-refractivity contribution is 0.387. The maximum absolute atomic E-state index is 9.00. The van der Waals surface area contributed by atoms with Gasteiger partial charge in [-0.2, -0.15) is 0 Å². The van der Waals surface area contributed by atoms with E-state index >= 15 is 0 Å². The van der Waals surface area contributed by atoms with Crippen LogP contribution in [0.5, 0.6) is 0 Å². The molecule has 6 aromatic rings. The van der Waals surface area contributed by atoms with Gasteiger partial charge in [-0.05, 0) is 53.3 Å². The highest BCUT2D eigenvalue weighted by Crippen LogP contribution is 2.41. The lowest BCUT2D eigenvalue weighted by Crippen LogP contribution is -2.30. The van der Waals surface area contributed by atoms with Gasteiger partial charge < -0.3 is 14.6 Å². The van der Waals surface area contributed by atoms with E-state index in [0.717, 1.165) is 62.0 Å². The summed E-state index contributed by atoms with van der Waals surface area (Å²) in [4.78, 5) is 7.00. The van der Waals surface area contributed by atoms with Gasteiger partial charge >= 0.3 is 0 Å². The highest BCUT2D eigenvalue weighted by atomic mass is 16.3. The molecule has 1 aliphatic rings. The van der Waals surface area contributed by atoms with Crippen LogP contribution < -0.4 is 5.32 Å². The van der Waals surface area contributed by atoms with E-state index < -0.39 is 0 Å². The summed E-state index contributed by atoms with van der Waals surface area (Å²) in [5, 5.41) is 14.9. The molecule has 1 heterocycles. The number of fused-ring (bicyclic) bond motifs is 3. The van der Waals surface area contributed by atoms with Crippen LogP contribution in [0.25, 0.3) is 33.1 Å². The number of hydrogen-bond donors (Lipinski definition) is 2. The van der Waals surface area contributed by atoms with E-state index in [9.17, 15) is 0 Å². The zero-order valence-electron chi connectivity index (χ0n) is 26.0. The number of hydrogen-bond acceptors (Lipinski definition) is 4. The first kappa shape index (κ1) is 29.1. The summed E-state index contributed by atoms with van der Waals surface area (Å²) in [6.07, 6.45) is 9.03. The number of anilines is 2. The number of nitrogens with zero attached hydrogens (tertiary/aromatic N) is 2. The van der Waals surface area contributed by atoms with E-state index in [1.54, 1.807) is 0 Å². The van der Waals surface area contributed by atoms with E-state index in [2.05, 4.69) is 97.2 Å². The molecule has 0 saturated carbocycles. The number of amidine groups is 1. The topological polar surface area (TPSA) is 64.6 Å². The Morgan fingerprint density at radius 3 is 2.35 bits per heavy atom. The third-order valence-electron chi connectivity index (χ3n) is 8.72. The number of allylic oxidation sites excluding steroid dienone is 4. The van der Waals surface area contributed by atoms with Crippen molar-refractivity contribution in [2.75, 3.05) is 12.4 Å². The molecule has 0 fully saturated rings. The van der Waals surface area contributed by atoms with Gasteiger partial charge in [0.05, 0.1) is 5.69 Å². The Morgan fingerprint density at radius 2 is 1.59 bits per heavy atom. The fourth-order valence-electron chi connectivity index (χ4n) is 6.07. The molecule has 0 bridgehead atoms. The van der Waals surface area contributed by atoms with Crippen LogP contribution in [0.2, 0.25) is 0 Å². The van der Waals surface area contributed by atoms with Crippen LogP contribution in [0.3, 0.4) is 0 Å². The second-order valence-corrected chi connectivity index (χ2v) is 11.8. The molecule has 5 aromatic carbocycles. The molecule has 2 unspecified atom stereocenters. The lowest BCUT2D eigenvalue weighted by Gasteiger charge is -2.28. The summed E-state index contributed by atoms with van der Waals surface area (Å²) in [6, 6.07) is 41.1. The number of rotatable bonds is 8. The molecule has 1 aliphatic carbocycles. The van der Waals surface area contributed by atoms with Gasteiger partial charge in [0.15, 0.2) is 5.58 Å². The molecule has 5 heteroatoms. The summed E-state index contributed by atoms with van der Waals surface area (Å²) in [6.45, 7) is 2.22. The smallest absolute Gasteiger partial charge is 0.159 e. The van der Waals surface area contributed by atoms with Crippen LogP contribution in [0.1, 0.15) is 30.6 Å². The zero-order valence-corrected chi connectivity index (χ0v) is 26.0. The third kappa shape index (κ3) is 5.75. The van der Waals surface area contributed by atoms with Crippen LogP contribution in [-0.4, -0.2) is 24.0 Å². The van der Waals surface area contributed by atoms with Crippen molar-refractivity contribution in [1.82, 2.24) is 4.90 Å². The molecular weight excluding hydrogens is 564 g/mol. The summed E-state index contributed by atoms with van der Waals surface area (Å²) in [7, 11) is 1.94. The third-order valence-corrected chi connectivity index (χ3v) is 8.72. The fraction of sp³-hybridized carbons (Fsp3) is 0.122. The van der Waals surface area contributed by atoms with Gasteiger partial charge in [-0.15, -0.1) is 0 Å². The SMILES string of the molecule is CC1CC=CC=C1/C=N/C(c1ccc(Nc2c(-c3ccccc3)ccc3c2oc2ccccc23)cc1)N(C)C(=N)c1ccccc1. The number of aliphatic imine (C=N–C) groups is 1. The van der Waals surface area contributed by atoms with Crippen molar-refractivity contribution >= 4 is 45.4 Å². The molecule has 0 spiro atoms. The molecule has 0 amide bonds. The van der Waals surface area contributed by atoms with E-state index in [0.29, 0.717) is 11.8 Å². The minimum atomic E-state index is -0.376. The number of nitrogens with one attached hydrogen (secondary N) is 2. The van der Waals surface area contributed by atoms with Gasteiger partial charge in [-0.1, -0.05) is 122 Å². The van der Waals surface area contributed by atoms with Crippen molar-refractivity contribution < 1.29 is 4.42 Å². The van der Waals surface area contributed by atoms with Crippen molar-refractivity contribution in [3.8, 4) is 11.1 Å². The molecule has 1 aromatic heterocycles. The molecule has 46 heavy (non-hydrogen) atoms. The molecule has 5 nitrogen and oxygen atoms in total. The Bertz CT molecular complexity index is 2090. The van der Waals surface area contributed by atoms with Crippen LogP contribution in [0.15, 0.2) is 155 Å². The average Bonchev–Trinajstić information content (AvgIpc) is 3.49. The lowest BCUT2D eigenvalue weighted by atomic mass is 9.94. The maximum atomic E-state index is 9.00. The first-order chi connectivity index (χ1) is 22.6. The van der Waals surface area contributed by atoms with Gasteiger partial charge in [0.25, 0.3) is 0 Å². The highest BCUT2D eigenvalue weighted by molar-refractivity contribution is 6.12. The molecule has 0 aliphatic heterocycles. The van der Waals surface area contributed by atoms with Gasteiger partial charge in [0.2, 0.25) is 0 Å². The van der Waals surface area contributed by atoms with Gasteiger partial charge in [-0.25, -0.2) is 0 Å². The predicted octanol–water partition coefficient (Wildman–Crippen LogP) is 10.5. The Kier molecular flexibility index (Phi) is 8.05. The quantitative estimate of drug-likeness (QED) is 0.135. The van der Waals surface area contributed by atoms with E-state index in [1.807, 2.05) is 72.8 Å². The maximum Gasteiger partial charge on any atom is 0.159 e. The van der Waals surface area contributed by atoms with E-state index in [1.165, 1.54) is 5.57 Å². The molecule has 2 N–H and O–H groups in total. The standard InChI is InChI=1S/C41H36N4O/c1-28-13-9-10-18-32(28)27-43-41(45(2)40(42)30-16-7-4-8-17-30)31-21-23-33(24-22-31)44-38-34(29-14-5-3-6-15-29)25-26-36-35-19-11-12-20-37(35)46-39(36)38/h3-12,14-28,41-42,44H,13H2,1-2H3/b42-40?,43-27+. The summed E-state index contributed by atoms with van der Waals surface area (Å²) < 4.78 is 6.46. The molecular formula is C41H36N4O. The minimum Gasteiger partial charge on any atom is -0.454 e. The first-order valence-corrected chi connectivity index (χ1v) is 15.7. The Morgan fingerprint density at radius 1 is 0.870 bits per heavy atom. The van der Waals surface area contributed by atoms with Crippen LogP contribution in [-0.2, 0) is 0 Å². The van der Waals surface area contributed by atoms with Gasteiger partial charge in [0, 0.05) is 40.8 Å². The summed E-state index contributed by atoms with van der Waals surface area (Å²) in [5.74, 6) is 0.819. The van der Waals surface area contributed by atoms with Crippen molar-refractivity contribution in [2.45, 2.75) is 19.5 Å². The van der Waals surface area contributed by atoms with Crippen LogP contribution >= 0.6 is 0 Å². The number of para-hydroxylation sites is 1. The number of benzene rings is 5. The summed E-state index contributed by atoms with van der Waals surface area (Å²) in [5.41, 5.74) is 8.77. The second kappa shape index (κ2) is 12.7. The van der Waals surface area contributed by atoms with Crippen LogP contribution in [0, 0.1) is 11.3 Å². The largest absolute Gasteiger partial charge is 0.454 e. The van der Waals surface area contributed by atoms with Crippen LogP contribution in [0.4, 0.5) is 11.4 Å². The van der Waals surface area contributed by atoms with Crippen molar-refractivity contribution in [3.05, 3.63) is 156 Å². The van der Waals surface area contributed by atoms with Crippen molar-refractivity contribution in [3.63, 3.8) is 0 Å². The minimum absolute atomic E-state index is 0.376. The Labute approximate surface area is 269 Å². The molecule has 2 atom stereocenters.